The van der Waals surface area contributed by atoms with E-state index in [0.717, 1.165) is 5.56 Å². The number of nitrogens with one attached hydrogen (secondary N) is 1. The Bertz CT molecular complexity index is 922. The first-order chi connectivity index (χ1) is 14.0. The van der Waals surface area contributed by atoms with E-state index in [0.29, 0.717) is 40.3 Å². The van der Waals surface area contributed by atoms with Crippen LogP contribution in [0.2, 0.25) is 10.0 Å². The largest absolute Gasteiger partial charge is 0.493 e. The van der Waals surface area contributed by atoms with Gasteiger partial charge in [0.15, 0.2) is 11.5 Å². The third-order valence-corrected chi connectivity index (χ3v) is 4.35. The standard InChI is InChI=1S/C21H20Cl2N2O4/c1-27-8-7-25-21(26)16(12-24)9-15-10-18(23)20(19(11-15)28-2)29-13-14-3-5-17(22)6-4-14/h3-6,9-11H,7-8,13H2,1-2H3,(H,25,26)/b16-9+. The molecule has 29 heavy (non-hydrogen) atoms. The molecule has 0 aliphatic carbocycles. The number of hydrogen-bond acceptors (Lipinski definition) is 5. The van der Waals surface area contributed by atoms with Gasteiger partial charge in [-0.05, 0) is 41.5 Å². The van der Waals surface area contributed by atoms with Crippen LogP contribution in [0.4, 0.5) is 0 Å². The summed E-state index contributed by atoms with van der Waals surface area (Å²) >= 11 is 12.2. The molecule has 0 saturated carbocycles. The average Bonchev–Trinajstić information content (AvgIpc) is 2.72. The van der Waals surface area contributed by atoms with Gasteiger partial charge in [0.25, 0.3) is 5.91 Å². The van der Waals surface area contributed by atoms with Crippen LogP contribution in [0.1, 0.15) is 11.1 Å². The van der Waals surface area contributed by atoms with E-state index in [-0.39, 0.29) is 12.2 Å². The van der Waals surface area contributed by atoms with Crippen molar-refractivity contribution in [3.63, 3.8) is 0 Å². The molecule has 1 N–H and O–H groups in total. The fraction of sp³-hybridized carbons (Fsp3) is 0.238. The van der Waals surface area contributed by atoms with Gasteiger partial charge in [-0.3, -0.25) is 4.79 Å². The first kappa shape index (κ1) is 22.6. The van der Waals surface area contributed by atoms with Crippen molar-refractivity contribution in [2.45, 2.75) is 6.61 Å². The smallest absolute Gasteiger partial charge is 0.262 e. The summed E-state index contributed by atoms with van der Waals surface area (Å²) in [4.78, 5) is 12.1. The van der Waals surface area contributed by atoms with Crippen LogP contribution in [-0.4, -0.2) is 33.3 Å². The number of nitrogens with zero attached hydrogens (tertiary/aromatic N) is 1. The molecule has 0 unspecified atom stereocenters. The lowest BCUT2D eigenvalue weighted by Crippen LogP contribution is -2.27. The predicted molar refractivity (Wildman–Crippen MR) is 112 cm³/mol. The molecular weight excluding hydrogens is 415 g/mol. The van der Waals surface area contributed by atoms with Crippen LogP contribution in [0.25, 0.3) is 6.08 Å². The molecule has 1 amide bonds. The number of benzene rings is 2. The molecular formula is C21H20Cl2N2O4. The van der Waals surface area contributed by atoms with E-state index in [9.17, 15) is 10.1 Å². The summed E-state index contributed by atoms with van der Waals surface area (Å²) in [6.45, 7) is 0.924. The minimum Gasteiger partial charge on any atom is -0.493 e. The summed E-state index contributed by atoms with van der Waals surface area (Å²) in [7, 11) is 3.01. The first-order valence-corrected chi connectivity index (χ1v) is 9.37. The molecule has 2 aromatic rings. The molecule has 0 fully saturated rings. The van der Waals surface area contributed by atoms with Gasteiger partial charge in [0.1, 0.15) is 18.2 Å². The SMILES string of the molecule is COCCNC(=O)/C(C#N)=C/c1cc(Cl)c(OCc2ccc(Cl)cc2)c(OC)c1. The van der Waals surface area contributed by atoms with Crippen LogP contribution in [0.3, 0.4) is 0 Å². The molecule has 2 rings (SSSR count). The third kappa shape index (κ3) is 6.68. The molecule has 0 saturated heterocycles. The average molecular weight is 435 g/mol. The van der Waals surface area contributed by atoms with Crippen LogP contribution in [0.5, 0.6) is 11.5 Å². The highest BCUT2D eigenvalue weighted by Crippen LogP contribution is 2.37. The molecule has 0 heterocycles. The molecule has 8 heteroatoms. The second kappa shape index (κ2) is 11.3. The summed E-state index contributed by atoms with van der Waals surface area (Å²) in [5.74, 6) is 0.252. The second-order valence-electron chi connectivity index (χ2n) is 5.87. The number of ether oxygens (including phenoxy) is 3. The maximum absolute atomic E-state index is 12.1. The minimum absolute atomic E-state index is 0.0611. The number of hydrogen-bond donors (Lipinski definition) is 1. The first-order valence-electron chi connectivity index (χ1n) is 8.62. The van der Waals surface area contributed by atoms with Crippen molar-refractivity contribution in [2.75, 3.05) is 27.4 Å². The Morgan fingerprint density at radius 1 is 1.21 bits per heavy atom. The fourth-order valence-corrected chi connectivity index (χ4v) is 2.78. The molecule has 0 aliphatic heterocycles. The number of nitriles is 1. The lowest BCUT2D eigenvalue weighted by molar-refractivity contribution is -0.117. The van der Waals surface area contributed by atoms with Gasteiger partial charge in [-0.2, -0.15) is 5.26 Å². The number of rotatable bonds is 9. The van der Waals surface area contributed by atoms with Gasteiger partial charge in [-0.15, -0.1) is 0 Å². The van der Waals surface area contributed by atoms with E-state index in [4.69, 9.17) is 37.4 Å². The quantitative estimate of drug-likeness (QED) is 0.362. The Labute approximate surface area is 179 Å². The van der Waals surface area contributed by atoms with Gasteiger partial charge in [0.05, 0.1) is 18.7 Å². The highest BCUT2D eigenvalue weighted by molar-refractivity contribution is 6.32. The number of amides is 1. The van der Waals surface area contributed by atoms with Crippen molar-refractivity contribution in [2.24, 2.45) is 0 Å². The second-order valence-corrected chi connectivity index (χ2v) is 6.71. The molecule has 0 bridgehead atoms. The Hall–Kier alpha value is -2.72. The van der Waals surface area contributed by atoms with Crippen LogP contribution in [-0.2, 0) is 16.1 Å². The van der Waals surface area contributed by atoms with Crippen LogP contribution in [0, 0.1) is 11.3 Å². The topological polar surface area (TPSA) is 80.6 Å². The summed E-state index contributed by atoms with van der Waals surface area (Å²) in [5.41, 5.74) is 1.38. The normalized spacial score (nSPS) is 10.9. The number of carbonyl (C=O) groups excluding carboxylic acids is 1. The fourth-order valence-electron chi connectivity index (χ4n) is 2.38. The van der Waals surface area contributed by atoms with Crippen molar-refractivity contribution < 1.29 is 19.0 Å². The lowest BCUT2D eigenvalue weighted by Gasteiger charge is -2.13. The van der Waals surface area contributed by atoms with Crippen molar-refractivity contribution in [1.29, 1.82) is 5.26 Å². The Morgan fingerprint density at radius 2 is 1.93 bits per heavy atom. The van der Waals surface area contributed by atoms with Gasteiger partial charge in [0.2, 0.25) is 0 Å². The van der Waals surface area contributed by atoms with Gasteiger partial charge < -0.3 is 19.5 Å². The minimum atomic E-state index is -0.497. The molecule has 6 nitrogen and oxygen atoms in total. The van der Waals surface area contributed by atoms with Crippen molar-refractivity contribution >= 4 is 35.2 Å². The van der Waals surface area contributed by atoms with Gasteiger partial charge in [0, 0.05) is 18.7 Å². The zero-order chi connectivity index (χ0) is 21.2. The zero-order valence-corrected chi connectivity index (χ0v) is 17.5. The predicted octanol–water partition coefficient (Wildman–Crippen LogP) is 4.25. The van der Waals surface area contributed by atoms with Crippen molar-refractivity contribution in [1.82, 2.24) is 5.32 Å². The summed E-state index contributed by atoms with van der Waals surface area (Å²) in [6, 6.07) is 12.4. The van der Waals surface area contributed by atoms with E-state index in [2.05, 4.69) is 5.32 Å². The molecule has 0 radical (unpaired) electrons. The zero-order valence-electron chi connectivity index (χ0n) is 16.0. The number of methoxy groups -OCH3 is 2. The van der Waals surface area contributed by atoms with E-state index >= 15 is 0 Å². The van der Waals surface area contributed by atoms with E-state index in [1.54, 1.807) is 24.3 Å². The maximum atomic E-state index is 12.1. The summed E-state index contributed by atoms with van der Waals surface area (Å²) in [5, 5.41) is 12.8. The Balaban J connectivity index is 2.20. The Kier molecular flexibility index (Phi) is 8.81. The van der Waals surface area contributed by atoms with E-state index in [1.165, 1.54) is 20.3 Å². The third-order valence-electron chi connectivity index (χ3n) is 3.82. The molecule has 0 aromatic heterocycles. The molecule has 2 aromatic carbocycles. The molecule has 152 valence electrons. The van der Waals surface area contributed by atoms with Crippen molar-refractivity contribution in [3.8, 4) is 17.6 Å². The monoisotopic (exact) mass is 434 g/mol. The van der Waals surface area contributed by atoms with Gasteiger partial charge in [-0.25, -0.2) is 0 Å². The Morgan fingerprint density at radius 3 is 2.55 bits per heavy atom. The van der Waals surface area contributed by atoms with Gasteiger partial charge in [-0.1, -0.05) is 35.3 Å². The van der Waals surface area contributed by atoms with Crippen LogP contribution >= 0.6 is 23.2 Å². The van der Waals surface area contributed by atoms with Crippen LogP contribution < -0.4 is 14.8 Å². The summed E-state index contributed by atoms with van der Waals surface area (Å²) < 4.78 is 16.0. The lowest BCUT2D eigenvalue weighted by atomic mass is 10.1. The van der Waals surface area contributed by atoms with Crippen LogP contribution in [0.15, 0.2) is 42.0 Å². The number of carbonyl (C=O) groups is 1. The molecule has 0 aliphatic rings. The molecule has 0 spiro atoms. The summed E-state index contributed by atoms with van der Waals surface area (Å²) in [6.07, 6.45) is 1.43. The maximum Gasteiger partial charge on any atom is 0.262 e. The van der Waals surface area contributed by atoms with Crippen molar-refractivity contribution in [3.05, 3.63) is 63.1 Å². The van der Waals surface area contributed by atoms with Gasteiger partial charge >= 0.3 is 0 Å². The highest BCUT2D eigenvalue weighted by Gasteiger charge is 2.14. The molecule has 0 atom stereocenters. The highest BCUT2D eigenvalue weighted by atomic mass is 35.5. The van der Waals surface area contributed by atoms with E-state index < -0.39 is 5.91 Å². The van der Waals surface area contributed by atoms with E-state index in [1.807, 2.05) is 18.2 Å². The number of halogens is 2.